The van der Waals surface area contributed by atoms with Crippen molar-refractivity contribution in [3.05, 3.63) is 35.0 Å². The molecule has 2 aromatic rings. The molecular formula is C12H17N5O. The first kappa shape index (κ1) is 13.8. The Bertz CT molecular complexity index is 550. The Morgan fingerprint density at radius 3 is 2.56 bits per heavy atom. The topological polar surface area (TPSA) is 72.7 Å². The van der Waals surface area contributed by atoms with Crippen molar-refractivity contribution in [2.45, 2.75) is 13.8 Å². The molecule has 0 unspecified atom stereocenters. The van der Waals surface area contributed by atoms with Crippen LogP contribution in [-0.4, -0.2) is 26.6 Å². The molecule has 0 aliphatic carbocycles. The average molecular weight is 247 g/mol. The van der Waals surface area contributed by atoms with E-state index in [4.69, 9.17) is 0 Å². The summed E-state index contributed by atoms with van der Waals surface area (Å²) in [6.45, 7) is 4.00. The van der Waals surface area contributed by atoms with Gasteiger partial charge in [0.1, 0.15) is 6.33 Å². The van der Waals surface area contributed by atoms with E-state index in [0.717, 1.165) is 0 Å². The van der Waals surface area contributed by atoms with Gasteiger partial charge < -0.3 is 5.32 Å². The molecule has 2 rings (SSSR count). The van der Waals surface area contributed by atoms with Crippen molar-refractivity contribution in [2.75, 3.05) is 12.4 Å². The molecule has 0 radical (unpaired) electrons. The summed E-state index contributed by atoms with van der Waals surface area (Å²) in [4.78, 5) is 23.8. The van der Waals surface area contributed by atoms with Gasteiger partial charge in [0.05, 0.1) is 11.4 Å². The van der Waals surface area contributed by atoms with Gasteiger partial charge in [0.2, 0.25) is 5.95 Å². The van der Waals surface area contributed by atoms with Crippen molar-refractivity contribution in [1.82, 2.24) is 19.5 Å². The summed E-state index contributed by atoms with van der Waals surface area (Å²) in [5, 5.41) is 2.85. The van der Waals surface area contributed by atoms with Crippen LogP contribution in [-0.2, 0) is 7.05 Å². The van der Waals surface area contributed by atoms with Gasteiger partial charge in [-0.05, 0) is 6.07 Å². The highest BCUT2D eigenvalue weighted by Crippen LogP contribution is 2.12. The maximum Gasteiger partial charge on any atom is 0.255 e. The monoisotopic (exact) mass is 247 g/mol. The number of aromatic nitrogens is 4. The molecule has 0 aliphatic heterocycles. The second-order valence-corrected chi connectivity index (χ2v) is 3.21. The molecule has 0 aliphatic rings. The fourth-order valence-corrected chi connectivity index (χ4v) is 1.34. The fraction of sp³-hybridized carbons (Fsp3) is 0.333. The van der Waals surface area contributed by atoms with E-state index >= 15 is 0 Å². The third-order valence-corrected chi connectivity index (χ3v) is 2.20. The van der Waals surface area contributed by atoms with Crippen LogP contribution in [0.1, 0.15) is 13.8 Å². The Labute approximate surface area is 106 Å². The standard InChI is InChI=1S/C10H11N5O.C2H6/c1-11-10-14-8(5-9(16)15(10)2)7-3-4-12-6-13-7;1-2/h3-6H,1-2H3,(H,11,14);1-2H3. The van der Waals surface area contributed by atoms with Gasteiger partial charge in [-0.25, -0.2) is 15.0 Å². The molecule has 0 atom stereocenters. The molecule has 0 saturated heterocycles. The number of rotatable bonds is 2. The van der Waals surface area contributed by atoms with Crippen molar-refractivity contribution < 1.29 is 0 Å². The van der Waals surface area contributed by atoms with E-state index in [0.29, 0.717) is 17.3 Å². The Hall–Kier alpha value is -2.24. The molecule has 0 bridgehead atoms. The Kier molecular flexibility index (Phi) is 4.98. The van der Waals surface area contributed by atoms with Crippen LogP contribution in [0.5, 0.6) is 0 Å². The SMILES string of the molecule is CC.CNc1nc(-c2ccncn2)cc(=O)n1C. The van der Waals surface area contributed by atoms with Gasteiger partial charge in [-0.1, -0.05) is 13.8 Å². The molecule has 0 amide bonds. The van der Waals surface area contributed by atoms with Crippen LogP contribution >= 0.6 is 0 Å². The zero-order valence-corrected chi connectivity index (χ0v) is 11.0. The van der Waals surface area contributed by atoms with Crippen LogP contribution in [0.4, 0.5) is 5.95 Å². The number of anilines is 1. The van der Waals surface area contributed by atoms with Gasteiger partial charge in [0.15, 0.2) is 0 Å². The molecule has 0 spiro atoms. The van der Waals surface area contributed by atoms with Crippen molar-refractivity contribution in [3.8, 4) is 11.4 Å². The van der Waals surface area contributed by atoms with Gasteiger partial charge >= 0.3 is 0 Å². The molecule has 0 aromatic carbocycles. The summed E-state index contributed by atoms with van der Waals surface area (Å²) < 4.78 is 1.44. The molecule has 2 heterocycles. The lowest BCUT2D eigenvalue weighted by Crippen LogP contribution is -2.20. The van der Waals surface area contributed by atoms with Crippen molar-refractivity contribution >= 4 is 5.95 Å². The first-order valence-corrected chi connectivity index (χ1v) is 5.74. The van der Waals surface area contributed by atoms with Gasteiger partial charge in [0, 0.05) is 26.4 Å². The Balaban J connectivity index is 0.000000771. The number of nitrogens with one attached hydrogen (secondary N) is 1. The molecule has 96 valence electrons. The molecule has 0 saturated carbocycles. The predicted molar refractivity (Wildman–Crippen MR) is 71.4 cm³/mol. The normalized spacial score (nSPS) is 9.33. The van der Waals surface area contributed by atoms with Gasteiger partial charge in [-0.2, -0.15) is 0 Å². The van der Waals surface area contributed by atoms with Gasteiger partial charge in [-0.3, -0.25) is 9.36 Å². The second-order valence-electron chi connectivity index (χ2n) is 3.21. The quantitative estimate of drug-likeness (QED) is 0.866. The number of hydrogen-bond donors (Lipinski definition) is 1. The average Bonchev–Trinajstić information content (AvgIpc) is 2.45. The smallest absolute Gasteiger partial charge is 0.255 e. The van der Waals surface area contributed by atoms with Crippen LogP contribution < -0.4 is 10.9 Å². The fourth-order valence-electron chi connectivity index (χ4n) is 1.34. The summed E-state index contributed by atoms with van der Waals surface area (Å²) in [6.07, 6.45) is 3.04. The van der Waals surface area contributed by atoms with E-state index in [1.165, 1.54) is 17.0 Å². The summed E-state index contributed by atoms with van der Waals surface area (Å²) in [6, 6.07) is 3.16. The summed E-state index contributed by atoms with van der Waals surface area (Å²) >= 11 is 0. The van der Waals surface area contributed by atoms with Crippen LogP contribution in [0.3, 0.4) is 0 Å². The molecule has 6 heteroatoms. The highest BCUT2D eigenvalue weighted by atomic mass is 16.1. The Morgan fingerprint density at radius 2 is 2.00 bits per heavy atom. The summed E-state index contributed by atoms with van der Waals surface area (Å²) in [5.74, 6) is 0.501. The summed E-state index contributed by atoms with van der Waals surface area (Å²) in [7, 11) is 3.37. The highest BCUT2D eigenvalue weighted by molar-refractivity contribution is 5.54. The minimum absolute atomic E-state index is 0.132. The maximum atomic E-state index is 11.6. The molecule has 6 nitrogen and oxygen atoms in total. The van der Waals surface area contributed by atoms with Gasteiger partial charge in [-0.15, -0.1) is 0 Å². The zero-order chi connectivity index (χ0) is 13.5. The van der Waals surface area contributed by atoms with Crippen LogP contribution in [0.25, 0.3) is 11.4 Å². The van der Waals surface area contributed by atoms with Crippen molar-refractivity contribution in [2.24, 2.45) is 7.05 Å². The van der Waals surface area contributed by atoms with E-state index in [1.807, 2.05) is 13.8 Å². The molecular weight excluding hydrogens is 230 g/mol. The van der Waals surface area contributed by atoms with E-state index < -0.39 is 0 Å². The lowest BCUT2D eigenvalue weighted by molar-refractivity contribution is 0.835. The summed E-state index contributed by atoms with van der Waals surface area (Å²) in [5.41, 5.74) is 1.03. The predicted octanol–water partition coefficient (Wildman–Crippen LogP) is 1.31. The maximum absolute atomic E-state index is 11.6. The van der Waals surface area contributed by atoms with E-state index in [1.54, 1.807) is 26.4 Å². The lowest BCUT2D eigenvalue weighted by Gasteiger charge is -2.07. The third kappa shape index (κ3) is 2.91. The molecule has 2 aromatic heterocycles. The van der Waals surface area contributed by atoms with Crippen LogP contribution in [0.2, 0.25) is 0 Å². The first-order chi connectivity index (χ1) is 8.72. The van der Waals surface area contributed by atoms with E-state index in [9.17, 15) is 4.79 Å². The largest absolute Gasteiger partial charge is 0.359 e. The lowest BCUT2D eigenvalue weighted by atomic mass is 10.3. The minimum Gasteiger partial charge on any atom is -0.359 e. The first-order valence-electron chi connectivity index (χ1n) is 5.74. The molecule has 1 N–H and O–H groups in total. The molecule has 18 heavy (non-hydrogen) atoms. The number of hydrogen-bond acceptors (Lipinski definition) is 5. The third-order valence-electron chi connectivity index (χ3n) is 2.20. The second kappa shape index (κ2) is 6.48. The van der Waals surface area contributed by atoms with Crippen molar-refractivity contribution in [3.63, 3.8) is 0 Å². The highest BCUT2D eigenvalue weighted by Gasteiger charge is 2.06. The van der Waals surface area contributed by atoms with Crippen LogP contribution in [0, 0.1) is 0 Å². The van der Waals surface area contributed by atoms with Crippen molar-refractivity contribution in [1.29, 1.82) is 0 Å². The zero-order valence-electron chi connectivity index (χ0n) is 11.0. The number of nitrogens with zero attached hydrogens (tertiary/aromatic N) is 4. The van der Waals surface area contributed by atoms with E-state index in [-0.39, 0.29) is 5.56 Å². The van der Waals surface area contributed by atoms with Gasteiger partial charge in [0.25, 0.3) is 5.56 Å². The van der Waals surface area contributed by atoms with E-state index in [2.05, 4.69) is 20.3 Å². The molecule has 0 fully saturated rings. The minimum atomic E-state index is -0.132. The van der Waals surface area contributed by atoms with Crippen LogP contribution in [0.15, 0.2) is 29.5 Å². The Morgan fingerprint density at radius 1 is 1.28 bits per heavy atom.